The molecule has 0 unspecified atom stereocenters. The van der Waals surface area contributed by atoms with Crippen LogP contribution in [0.4, 0.5) is 0 Å². The van der Waals surface area contributed by atoms with Crippen LogP contribution in [0.1, 0.15) is 46.5 Å². The monoisotopic (exact) mass is 799 g/mol. The Labute approximate surface area is 332 Å². The van der Waals surface area contributed by atoms with E-state index in [1.807, 2.05) is 6.07 Å². The van der Waals surface area contributed by atoms with Crippen molar-refractivity contribution in [2.75, 3.05) is 119 Å². The van der Waals surface area contributed by atoms with Crippen LogP contribution < -0.4 is 17.2 Å². The Balaban J connectivity index is -0.000000369. The molecule has 0 aliphatic heterocycles. The number of nitriles is 1. The summed E-state index contributed by atoms with van der Waals surface area (Å²) in [5, 5.41) is 32.8. The predicted octanol–water partition coefficient (Wildman–Crippen LogP) is -0.0905. The van der Waals surface area contributed by atoms with E-state index in [1.54, 1.807) is 6.08 Å². The lowest BCUT2D eigenvalue weighted by atomic mass is 10.1. The fraction of sp³-hybridized carbons (Fsp3) is 0.757. The molecule has 0 bridgehead atoms. The Bertz CT molecular complexity index is 1070. The van der Waals surface area contributed by atoms with Crippen molar-refractivity contribution in [3.05, 3.63) is 46.9 Å². The molecule has 0 aromatic carbocycles. The lowest BCUT2D eigenvalue weighted by molar-refractivity contribution is -0.118. The van der Waals surface area contributed by atoms with Crippen molar-refractivity contribution in [2.45, 2.75) is 63.1 Å². The molecule has 0 radical (unpaired) electrons. The second kappa shape index (κ2) is 40.9. The largest absolute Gasteiger partial charge is 0.394 e. The number of nitrogens with two attached hydrogens (primary N) is 3. The zero-order chi connectivity index (χ0) is 43.6. The molecule has 0 fully saturated rings. The third-order valence-corrected chi connectivity index (χ3v) is 6.36. The van der Waals surface area contributed by atoms with E-state index < -0.39 is 36.4 Å². The molecule has 9 N–H and O–H groups in total. The summed E-state index contributed by atoms with van der Waals surface area (Å²) >= 11 is 0. The first-order valence-corrected chi connectivity index (χ1v) is 17.6. The van der Waals surface area contributed by atoms with E-state index in [9.17, 15) is 14.4 Å². The van der Waals surface area contributed by atoms with Gasteiger partial charge in [0.05, 0.1) is 108 Å². The molecule has 0 atom stereocenters. The fourth-order valence-corrected chi connectivity index (χ4v) is 3.10. The molecule has 0 saturated carbocycles. The summed E-state index contributed by atoms with van der Waals surface area (Å²) in [5.41, 5.74) is 14.6. The maximum atomic E-state index is 10.9. The normalized spacial score (nSPS) is 10.7. The topological polar surface area (TPSA) is 282 Å². The summed E-state index contributed by atoms with van der Waals surface area (Å²) in [4.78, 5) is 42.2. The van der Waals surface area contributed by atoms with Crippen LogP contribution in [-0.2, 0) is 42.8 Å². The molecule has 19 heteroatoms. The number of rotatable bonds is 31. The number of ketones is 3. The van der Waals surface area contributed by atoms with E-state index in [-0.39, 0.29) is 96.4 Å². The Kier molecular flexibility index (Phi) is 43.0. The highest BCUT2D eigenvalue weighted by Gasteiger charge is 2.28. The van der Waals surface area contributed by atoms with Crippen LogP contribution in [0.3, 0.4) is 0 Å². The van der Waals surface area contributed by atoms with Gasteiger partial charge in [-0.25, -0.2) is 19.7 Å². The Morgan fingerprint density at radius 3 is 0.982 bits per heavy atom. The molecule has 0 amide bonds. The van der Waals surface area contributed by atoms with Gasteiger partial charge in [0.2, 0.25) is 19.6 Å². The highest BCUT2D eigenvalue weighted by atomic mass is 16.5. The van der Waals surface area contributed by atoms with Crippen LogP contribution in [0.5, 0.6) is 0 Å². The summed E-state index contributed by atoms with van der Waals surface area (Å²) in [6, 6.07) is 1.90. The van der Waals surface area contributed by atoms with Crippen LogP contribution in [0.25, 0.3) is 14.5 Å². The second-order valence-corrected chi connectivity index (χ2v) is 12.5. The minimum atomic E-state index is -1.21. The maximum absolute atomic E-state index is 10.9. The molecule has 0 saturated heterocycles. The van der Waals surface area contributed by atoms with Gasteiger partial charge in [0.1, 0.15) is 37.2 Å². The van der Waals surface area contributed by atoms with Gasteiger partial charge in [-0.1, -0.05) is 6.08 Å². The minimum absolute atomic E-state index is 0.0445. The third-order valence-electron chi connectivity index (χ3n) is 6.36. The molecule has 0 rings (SSSR count). The maximum Gasteiger partial charge on any atom is 0.237 e. The van der Waals surface area contributed by atoms with Gasteiger partial charge >= 0.3 is 0 Å². The van der Waals surface area contributed by atoms with E-state index in [4.69, 9.17) is 85.9 Å². The molecular formula is C37H65N7O12. The van der Waals surface area contributed by atoms with Gasteiger partial charge in [-0.3, -0.25) is 14.4 Å². The zero-order valence-electron chi connectivity index (χ0n) is 33.4. The van der Waals surface area contributed by atoms with Crippen molar-refractivity contribution in [1.29, 1.82) is 5.26 Å². The number of hydrogen-bond acceptors (Lipinski definition) is 16. The van der Waals surface area contributed by atoms with E-state index in [0.717, 1.165) is 0 Å². The van der Waals surface area contributed by atoms with E-state index in [0.29, 0.717) is 45.5 Å². The molecule has 320 valence electrons. The van der Waals surface area contributed by atoms with Crippen molar-refractivity contribution in [1.82, 2.24) is 0 Å². The number of ether oxygens (including phenoxy) is 6. The van der Waals surface area contributed by atoms with Crippen molar-refractivity contribution < 1.29 is 58.1 Å². The Morgan fingerprint density at radius 1 is 0.589 bits per heavy atom. The molecule has 0 aliphatic rings. The molecule has 56 heavy (non-hydrogen) atoms. The highest BCUT2D eigenvalue weighted by Crippen LogP contribution is 2.07. The zero-order valence-corrected chi connectivity index (χ0v) is 33.4. The van der Waals surface area contributed by atoms with Crippen LogP contribution in [0, 0.1) is 31.0 Å². The minimum Gasteiger partial charge on any atom is -0.394 e. The van der Waals surface area contributed by atoms with Crippen molar-refractivity contribution in [3.63, 3.8) is 0 Å². The number of carbonyl (C=O) groups is 3. The second-order valence-electron chi connectivity index (χ2n) is 12.5. The summed E-state index contributed by atoms with van der Waals surface area (Å²) in [5.74, 6) is 0.133. The molecule has 0 spiro atoms. The average Bonchev–Trinajstić information content (AvgIpc) is 3.17. The number of hydrogen-bond donors (Lipinski definition) is 6. The van der Waals surface area contributed by atoms with Gasteiger partial charge in [0.25, 0.3) is 0 Å². The standard InChI is InChI=1S/C16H29NO6.C13H20N4O3.C4H11NO3.C4H5N/c1-13(18)4-7-21-10-16(17,11-22-8-5-14(2)19)12-23-9-6-15(3)20;1-15-4-7-18-10-13(14,11-19-8-5-16-2)12-20-9-6-17-3;5-4(1-6,2-7)3-8;1-2-3-4-5/h4-12,17H2,1-3H3;4-12,14H2;6-8H,1-3,5H2;2H,1,3H2. The summed E-state index contributed by atoms with van der Waals surface area (Å²) in [7, 11) is 0. The molecule has 0 heterocycles. The number of Topliss-reactive ketones (excluding diaryl/α,β-unsaturated/α-hetero) is 3. The summed E-state index contributed by atoms with van der Waals surface area (Å²) in [6.45, 7) is 30.4. The van der Waals surface area contributed by atoms with Crippen molar-refractivity contribution in [3.8, 4) is 6.07 Å². The molecule has 0 aliphatic carbocycles. The molecular weight excluding hydrogens is 734 g/mol. The Morgan fingerprint density at radius 2 is 0.839 bits per heavy atom. The van der Waals surface area contributed by atoms with Gasteiger partial charge in [-0.15, -0.1) is 6.58 Å². The number of nitrogens with zero attached hydrogens (tertiary/aromatic N) is 4. The quantitative estimate of drug-likeness (QED) is 0.0304. The summed E-state index contributed by atoms with van der Waals surface area (Å²) < 4.78 is 32.3. The number of aliphatic hydroxyl groups is 3. The smallest absolute Gasteiger partial charge is 0.237 e. The van der Waals surface area contributed by atoms with E-state index in [2.05, 4.69) is 21.1 Å². The van der Waals surface area contributed by atoms with Crippen molar-refractivity contribution >= 4 is 17.3 Å². The van der Waals surface area contributed by atoms with Gasteiger partial charge < -0.3 is 75.5 Å². The van der Waals surface area contributed by atoms with Gasteiger partial charge in [0.15, 0.2) is 0 Å². The number of aliphatic hydroxyl groups excluding tert-OH is 3. The van der Waals surface area contributed by atoms with Gasteiger partial charge in [-0.2, -0.15) is 5.26 Å². The van der Waals surface area contributed by atoms with Crippen LogP contribution >= 0.6 is 0 Å². The first kappa shape index (κ1) is 58.9. The molecule has 0 aromatic heterocycles. The van der Waals surface area contributed by atoms with Gasteiger partial charge in [-0.05, 0) is 20.8 Å². The highest BCUT2D eigenvalue weighted by molar-refractivity contribution is 5.76. The predicted molar refractivity (Wildman–Crippen MR) is 208 cm³/mol. The van der Waals surface area contributed by atoms with E-state index >= 15 is 0 Å². The lowest BCUT2D eigenvalue weighted by Crippen LogP contribution is -2.53. The number of allylic oxidation sites excluding steroid dienone is 1. The number of carbonyl (C=O) groups excluding carboxylic acids is 3. The van der Waals surface area contributed by atoms with Crippen LogP contribution in [0.15, 0.2) is 12.7 Å². The average molecular weight is 800 g/mol. The molecule has 0 aromatic rings. The first-order valence-electron chi connectivity index (χ1n) is 17.6. The molecule has 19 nitrogen and oxygen atoms in total. The Hall–Kier alpha value is -3.77. The lowest BCUT2D eigenvalue weighted by Gasteiger charge is -2.28. The van der Waals surface area contributed by atoms with Gasteiger partial charge in [0, 0.05) is 19.3 Å². The SMILES string of the molecule is C=CCC#N.CC(=O)CCOCC(N)(COCCC(C)=O)COCCC(C)=O.NC(CO)(CO)CO.[C-]#[N+]CCOCC(N)(COCC[N+]#[C-])COCC[N+]#[C-]. The van der Waals surface area contributed by atoms with Crippen LogP contribution in [-0.4, -0.2) is 168 Å². The fourth-order valence-electron chi connectivity index (χ4n) is 3.10. The van der Waals surface area contributed by atoms with Crippen LogP contribution in [0.2, 0.25) is 0 Å². The first-order chi connectivity index (χ1) is 26.5. The third kappa shape index (κ3) is 44.6. The van der Waals surface area contributed by atoms with E-state index in [1.165, 1.54) is 20.8 Å². The van der Waals surface area contributed by atoms with Crippen molar-refractivity contribution in [2.24, 2.45) is 17.2 Å². The summed E-state index contributed by atoms with van der Waals surface area (Å²) in [6.07, 6.45) is 3.01.